The van der Waals surface area contributed by atoms with Crippen LogP contribution in [0.15, 0.2) is 36.7 Å². The minimum absolute atomic E-state index is 0.689. The minimum atomic E-state index is 0.689. The number of aromatic nitrogens is 1. The second-order valence-electron chi connectivity index (χ2n) is 3.26. The van der Waals surface area contributed by atoms with E-state index in [0.717, 1.165) is 11.1 Å². The van der Waals surface area contributed by atoms with Gasteiger partial charge in [0, 0.05) is 18.0 Å². The highest BCUT2D eigenvalue weighted by Crippen LogP contribution is 2.22. The van der Waals surface area contributed by atoms with E-state index in [9.17, 15) is 0 Å². The topological polar surface area (TPSA) is 39.6 Å². The van der Waals surface area contributed by atoms with Crippen molar-refractivity contribution in [3.63, 3.8) is 0 Å². The Morgan fingerprint density at radius 1 is 1.14 bits per heavy atom. The van der Waals surface area contributed by atoms with Crippen molar-refractivity contribution in [3.8, 4) is 17.2 Å². The Morgan fingerprint density at radius 2 is 1.86 bits per heavy atom. The third kappa shape index (κ3) is 1.40. The number of nitrogens with one attached hydrogen (secondary N) is 1. The van der Waals surface area contributed by atoms with Crippen molar-refractivity contribution in [1.82, 2.24) is 4.98 Å². The van der Waals surface area contributed by atoms with Gasteiger partial charge < -0.3 is 4.98 Å². The summed E-state index contributed by atoms with van der Waals surface area (Å²) in [4.78, 5) is 2.94. The predicted octanol–water partition coefficient (Wildman–Crippen LogP) is 2.86. The first-order valence-corrected chi connectivity index (χ1v) is 4.45. The molecule has 0 aliphatic carbocycles. The largest absolute Gasteiger partial charge is 0.366 e. The number of hydrogen-bond donors (Lipinski definition) is 1. The van der Waals surface area contributed by atoms with Crippen LogP contribution < -0.4 is 0 Å². The van der Waals surface area contributed by atoms with Gasteiger partial charge >= 0.3 is 0 Å². The fourth-order valence-electron chi connectivity index (χ4n) is 1.43. The van der Waals surface area contributed by atoms with Crippen molar-refractivity contribution in [2.75, 3.05) is 0 Å². The SMILES string of the molecule is Cc1ccc(-c2c[nH]cc2C#N)cc1. The lowest BCUT2D eigenvalue weighted by Gasteiger charge is -1.98. The summed E-state index contributed by atoms with van der Waals surface area (Å²) >= 11 is 0. The normalized spacial score (nSPS) is 9.71. The van der Waals surface area contributed by atoms with Gasteiger partial charge in [-0.3, -0.25) is 0 Å². The second-order valence-corrected chi connectivity index (χ2v) is 3.26. The fourth-order valence-corrected chi connectivity index (χ4v) is 1.43. The van der Waals surface area contributed by atoms with Crippen LogP contribution in [0.3, 0.4) is 0 Å². The van der Waals surface area contributed by atoms with E-state index in [-0.39, 0.29) is 0 Å². The molecule has 2 heteroatoms. The zero-order valence-electron chi connectivity index (χ0n) is 7.91. The number of hydrogen-bond acceptors (Lipinski definition) is 1. The van der Waals surface area contributed by atoms with Gasteiger partial charge in [0.25, 0.3) is 0 Å². The summed E-state index contributed by atoms with van der Waals surface area (Å²) < 4.78 is 0. The number of nitrogens with zero attached hydrogens (tertiary/aromatic N) is 1. The third-order valence-electron chi connectivity index (χ3n) is 2.23. The number of aromatic amines is 1. The van der Waals surface area contributed by atoms with Crippen LogP contribution in [-0.4, -0.2) is 4.98 Å². The molecule has 0 amide bonds. The van der Waals surface area contributed by atoms with E-state index in [1.807, 2.05) is 37.4 Å². The van der Waals surface area contributed by atoms with Crippen molar-refractivity contribution >= 4 is 0 Å². The molecule has 0 aliphatic rings. The second kappa shape index (κ2) is 3.39. The average molecular weight is 182 g/mol. The average Bonchev–Trinajstić information content (AvgIpc) is 2.67. The molecule has 0 radical (unpaired) electrons. The molecule has 14 heavy (non-hydrogen) atoms. The maximum Gasteiger partial charge on any atom is 0.101 e. The Bertz CT molecular complexity index is 472. The van der Waals surface area contributed by atoms with Gasteiger partial charge in [-0.15, -0.1) is 0 Å². The van der Waals surface area contributed by atoms with Gasteiger partial charge in [0.05, 0.1) is 5.56 Å². The molecule has 1 aromatic carbocycles. The molecule has 2 aromatic rings. The number of nitriles is 1. The molecule has 0 bridgehead atoms. The molecular formula is C12H10N2. The lowest BCUT2D eigenvalue weighted by molar-refractivity contribution is 1.40. The number of H-pyrrole nitrogens is 1. The predicted molar refractivity (Wildman–Crippen MR) is 55.7 cm³/mol. The molecule has 0 spiro atoms. The van der Waals surface area contributed by atoms with Crippen molar-refractivity contribution in [3.05, 3.63) is 47.8 Å². The van der Waals surface area contributed by atoms with Gasteiger partial charge in [-0.1, -0.05) is 29.8 Å². The fraction of sp³-hybridized carbons (Fsp3) is 0.0833. The Labute approximate surface area is 82.8 Å². The molecule has 0 atom stereocenters. The van der Waals surface area contributed by atoms with Crippen LogP contribution in [0.4, 0.5) is 0 Å². The lowest BCUT2D eigenvalue weighted by Crippen LogP contribution is -1.78. The van der Waals surface area contributed by atoms with E-state index in [4.69, 9.17) is 5.26 Å². The lowest BCUT2D eigenvalue weighted by atomic mass is 10.0. The van der Waals surface area contributed by atoms with Crippen LogP contribution in [0, 0.1) is 18.3 Å². The standard InChI is InChI=1S/C12H10N2/c1-9-2-4-10(5-3-9)12-8-14-7-11(12)6-13/h2-5,7-8,14H,1H3. The van der Waals surface area contributed by atoms with E-state index in [0.29, 0.717) is 5.56 Å². The van der Waals surface area contributed by atoms with Crippen molar-refractivity contribution in [2.45, 2.75) is 6.92 Å². The van der Waals surface area contributed by atoms with Crippen molar-refractivity contribution < 1.29 is 0 Å². The smallest absolute Gasteiger partial charge is 0.101 e. The maximum absolute atomic E-state index is 8.85. The van der Waals surface area contributed by atoms with Crippen molar-refractivity contribution in [1.29, 1.82) is 5.26 Å². The Kier molecular flexibility index (Phi) is 2.08. The van der Waals surface area contributed by atoms with Gasteiger partial charge in [-0.05, 0) is 12.5 Å². The van der Waals surface area contributed by atoms with E-state index >= 15 is 0 Å². The quantitative estimate of drug-likeness (QED) is 0.723. The first-order valence-electron chi connectivity index (χ1n) is 4.45. The molecule has 0 unspecified atom stereocenters. The molecule has 0 saturated carbocycles. The molecule has 0 saturated heterocycles. The van der Waals surface area contributed by atoms with Crippen LogP contribution >= 0.6 is 0 Å². The van der Waals surface area contributed by atoms with Crippen LogP contribution in [0.25, 0.3) is 11.1 Å². The summed E-state index contributed by atoms with van der Waals surface area (Å²) in [6.45, 7) is 2.05. The zero-order valence-corrected chi connectivity index (χ0v) is 7.91. The Balaban J connectivity index is 2.50. The molecule has 2 nitrogen and oxygen atoms in total. The highest BCUT2D eigenvalue weighted by Gasteiger charge is 2.04. The first kappa shape index (κ1) is 8.58. The third-order valence-corrected chi connectivity index (χ3v) is 2.23. The minimum Gasteiger partial charge on any atom is -0.366 e. The van der Waals surface area contributed by atoms with Gasteiger partial charge in [-0.25, -0.2) is 0 Å². The van der Waals surface area contributed by atoms with E-state index < -0.39 is 0 Å². The van der Waals surface area contributed by atoms with Gasteiger partial charge in [0.15, 0.2) is 0 Å². The Hall–Kier alpha value is -2.01. The first-order chi connectivity index (χ1) is 6.81. The van der Waals surface area contributed by atoms with E-state index in [2.05, 4.69) is 11.1 Å². The molecule has 1 aromatic heterocycles. The summed E-state index contributed by atoms with van der Waals surface area (Å²) in [7, 11) is 0. The van der Waals surface area contributed by atoms with E-state index in [1.165, 1.54) is 5.56 Å². The molecule has 1 heterocycles. The number of benzene rings is 1. The van der Waals surface area contributed by atoms with Crippen LogP contribution in [-0.2, 0) is 0 Å². The summed E-state index contributed by atoms with van der Waals surface area (Å²) in [5.74, 6) is 0. The molecule has 1 N–H and O–H groups in total. The van der Waals surface area contributed by atoms with Crippen LogP contribution in [0.1, 0.15) is 11.1 Å². The monoisotopic (exact) mass is 182 g/mol. The summed E-state index contributed by atoms with van der Waals surface area (Å²) in [6.07, 6.45) is 3.57. The van der Waals surface area contributed by atoms with Crippen molar-refractivity contribution in [2.24, 2.45) is 0 Å². The maximum atomic E-state index is 8.85. The molecule has 0 aliphatic heterocycles. The van der Waals surface area contributed by atoms with Crippen LogP contribution in [0.5, 0.6) is 0 Å². The zero-order chi connectivity index (χ0) is 9.97. The molecule has 68 valence electrons. The summed E-state index contributed by atoms with van der Waals surface area (Å²) in [5.41, 5.74) is 3.96. The molecule has 2 rings (SSSR count). The summed E-state index contributed by atoms with van der Waals surface area (Å²) in [5, 5.41) is 8.85. The van der Waals surface area contributed by atoms with Crippen LogP contribution in [0.2, 0.25) is 0 Å². The van der Waals surface area contributed by atoms with Gasteiger partial charge in [0.1, 0.15) is 6.07 Å². The summed E-state index contributed by atoms with van der Waals surface area (Å²) in [6, 6.07) is 10.3. The van der Waals surface area contributed by atoms with E-state index in [1.54, 1.807) is 6.20 Å². The van der Waals surface area contributed by atoms with Gasteiger partial charge in [0.2, 0.25) is 0 Å². The molecule has 0 fully saturated rings. The Morgan fingerprint density at radius 3 is 2.50 bits per heavy atom. The highest BCUT2D eigenvalue weighted by molar-refractivity contribution is 5.69. The van der Waals surface area contributed by atoms with Gasteiger partial charge in [-0.2, -0.15) is 5.26 Å². The highest BCUT2D eigenvalue weighted by atomic mass is 14.6. The molecular weight excluding hydrogens is 172 g/mol. The number of rotatable bonds is 1. The number of aryl methyl sites for hydroxylation is 1.